The minimum atomic E-state index is -4.19. The molecule has 0 heterocycles. The number of nitrogens with two attached hydrogens (primary N) is 1. The van der Waals surface area contributed by atoms with Gasteiger partial charge in [-0.25, -0.2) is 13.6 Å². The Bertz CT molecular complexity index is 1150. The molecule has 0 aliphatic rings. The number of benzene rings is 2. The third-order valence-electron chi connectivity index (χ3n) is 4.38. The third kappa shape index (κ3) is 8.39. The van der Waals surface area contributed by atoms with E-state index in [0.29, 0.717) is 43.2 Å². The smallest absolute Gasteiger partial charge is 0.306 e. The van der Waals surface area contributed by atoms with Gasteiger partial charge in [0.1, 0.15) is 11.5 Å². The number of rotatable bonds is 13. The van der Waals surface area contributed by atoms with Gasteiger partial charge >= 0.3 is 10.1 Å². The molecule has 10 nitrogen and oxygen atoms in total. The van der Waals surface area contributed by atoms with Crippen molar-refractivity contribution in [1.82, 2.24) is 5.32 Å². The quantitative estimate of drug-likeness (QED) is 0.309. The Balaban J connectivity index is 2.09. The van der Waals surface area contributed by atoms with Crippen molar-refractivity contribution in [3.05, 3.63) is 42.0 Å². The SMILES string of the molecule is CCOc1ccccc1OCCN[C@H](C)Cc1cc(OS(C)(=O)=O)c(OC)c(S(N)(=O)=O)c1. The van der Waals surface area contributed by atoms with Gasteiger partial charge in [-0.15, -0.1) is 0 Å². The van der Waals surface area contributed by atoms with E-state index < -0.39 is 20.1 Å². The van der Waals surface area contributed by atoms with Crippen LogP contribution in [0.25, 0.3) is 0 Å². The van der Waals surface area contributed by atoms with Crippen LogP contribution < -0.4 is 28.8 Å². The zero-order valence-corrected chi connectivity index (χ0v) is 20.7. The minimum absolute atomic E-state index is 0.108. The monoisotopic (exact) mass is 502 g/mol. The van der Waals surface area contributed by atoms with E-state index in [4.69, 9.17) is 23.5 Å². The summed E-state index contributed by atoms with van der Waals surface area (Å²) in [6, 6.07) is 10.0. The van der Waals surface area contributed by atoms with Gasteiger partial charge in [-0.05, 0) is 50.1 Å². The van der Waals surface area contributed by atoms with Crippen LogP contribution in [0.15, 0.2) is 41.3 Å². The first-order valence-corrected chi connectivity index (χ1v) is 13.5. The van der Waals surface area contributed by atoms with Crippen molar-refractivity contribution in [2.24, 2.45) is 5.14 Å². The second kappa shape index (κ2) is 11.5. The summed E-state index contributed by atoms with van der Waals surface area (Å²) in [5.41, 5.74) is 0.501. The molecule has 184 valence electrons. The van der Waals surface area contributed by atoms with Gasteiger partial charge in [-0.3, -0.25) is 0 Å². The highest BCUT2D eigenvalue weighted by Gasteiger charge is 2.23. The van der Waals surface area contributed by atoms with Gasteiger partial charge in [-0.1, -0.05) is 12.1 Å². The number of hydrogen-bond donors (Lipinski definition) is 2. The fourth-order valence-electron chi connectivity index (χ4n) is 3.12. The van der Waals surface area contributed by atoms with Gasteiger partial charge in [0.15, 0.2) is 23.0 Å². The summed E-state index contributed by atoms with van der Waals surface area (Å²) in [7, 11) is -6.92. The molecule has 0 aliphatic carbocycles. The zero-order valence-electron chi connectivity index (χ0n) is 19.0. The van der Waals surface area contributed by atoms with Crippen LogP contribution in [-0.4, -0.2) is 56.0 Å². The highest BCUT2D eigenvalue weighted by Crippen LogP contribution is 2.36. The molecule has 0 saturated heterocycles. The molecule has 0 unspecified atom stereocenters. The largest absolute Gasteiger partial charge is 0.491 e. The van der Waals surface area contributed by atoms with E-state index in [2.05, 4.69) is 5.32 Å². The molecule has 2 aromatic rings. The minimum Gasteiger partial charge on any atom is -0.491 e. The standard InChI is InChI=1S/C21H30N2O8S2/c1-5-29-17-8-6-7-9-18(17)30-11-10-23-15(2)12-16-13-19(31-32(4,24)25)21(28-3)20(14-16)33(22,26)27/h6-9,13-15,23H,5,10-12H2,1-4H3,(H2,22,26,27)/t15-/m1/s1. The Morgan fingerprint density at radius 2 is 1.67 bits per heavy atom. The first-order chi connectivity index (χ1) is 15.4. The molecule has 33 heavy (non-hydrogen) atoms. The topological polar surface area (TPSA) is 143 Å². The lowest BCUT2D eigenvalue weighted by molar-refractivity contribution is 0.272. The predicted molar refractivity (Wildman–Crippen MR) is 124 cm³/mol. The summed E-state index contributed by atoms with van der Waals surface area (Å²) in [6.45, 7) is 5.20. The van der Waals surface area contributed by atoms with Crippen molar-refractivity contribution in [2.45, 2.75) is 31.2 Å². The van der Waals surface area contributed by atoms with Crippen LogP contribution in [0.5, 0.6) is 23.0 Å². The third-order valence-corrected chi connectivity index (χ3v) is 5.77. The maximum Gasteiger partial charge on any atom is 0.306 e. The van der Waals surface area contributed by atoms with Crippen LogP contribution in [0.1, 0.15) is 19.4 Å². The lowest BCUT2D eigenvalue weighted by Crippen LogP contribution is -2.32. The van der Waals surface area contributed by atoms with E-state index in [9.17, 15) is 16.8 Å². The molecule has 0 radical (unpaired) electrons. The van der Waals surface area contributed by atoms with Gasteiger partial charge in [0, 0.05) is 12.6 Å². The van der Waals surface area contributed by atoms with Crippen molar-refractivity contribution >= 4 is 20.1 Å². The van der Waals surface area contributed by atoms with E-state index in [1.165, 1.54) is 19.2 Å². The van der Waals surface area contributed by atoms with Crippen LogP contribution in [0.4, 0.5) is 0 Å². The average Bonchev–Trinajstić information content (AvgIpc) is 2.70. The van der Waals surface area contributed by atoms with E-state index in [1.807, 2.05) is 38.1 Å². The Labute approximate surface area is 195 Å². The van der Waals surface area contributed by atoms with E-state index >= 15 is 0 Å². The van der Waals surface area contributed by atoms with Gasteiger partial charge in [-0.2, -0.15) is 8.42 Å². The molecule has 2 rings (SSSR count). The van der Waals surface area contributed by atoms with Crippen molar-refractivity contribution < 1.29 is 35.2 Å². The Morgan fingerprint density at radius 1 is 1.03 bits per heavy atom. The molecule has 1 atom stereocenters. The summed E-state index contributed by atoms with van der Waals surface area (Å²) in [6.07, 6.45) is 1.21. The molecular weight excluding hydrogens is 472 g/mol. The summed E-state index contributed by atoms with van der Waals surface area (Å²) in [4.78, 5) is -0.357. The number of para-hydroxylation sites is 2. The molecule has 0 fully saturated rings. The molecular formula is C21H30N2O8S2. The second-order valence-corrected chi connectivity index (χ2v) is 10.4. The highest BCUT2D eigenvalue weighted by molar-refractivity contribution is 7.89. The van der Waals surface area contributed by atoms with Crippen LogP contribution in [-0.2, 0) is 26.6 Å². The van der Waals surface area contributed by atoms with Gasteiger partial charge < -0.3 is 23.7 Å². The molecule has 0 spiro atoms. The summed E-state index contributed by atoms with van der Waals surface area (Å²) in [5, 5.41) is 8.57. The van der Waals surface area contributed by atoms with E-state index in [1.54, 1.807) is 0 Å². The number of primary sulfonamides is 1. The molecule has 0 saturated carbocycles. The lowest BCUT2D eigenvalue weighted by Gasteiger charge is -2.18. The van der Waals surface area contributed by atoms with Gasteiger partial charge in [0.25, 0.3) is 0 Å². The van der Waals surface area contributed by atoms with Crippen molar-refractivity contribution in [3.63, 3.8) is 0 Å². The van der Waals surface area contributed by atoms with Crippen LogP contribution >= 0.6 is 0 Å². The average molecular weight is 503 g/mol. The lowest BCUT2D eigenvalue weighted by atomic mass is 10.1. The van der Waals surface area contributed by atoms with E-state index in [-0.39, 0.29) is 22.4 Å². The van der Waals surface area contributed by atoms with Gasteiger partial charge in [0.05, 0.1) is 20.0 Å². The number of nitrogens with one attached hydrogen (secondary N) is 1. The number of methoxy groups -OCH3 is 1. The van der Waals surface area contributed by atoms with Crippen molar-refractivity contribution in [1.29, 1.82) is 0 Å². The molecule has 3 N–H and O–H groups in total. The highest BCUT2D eigenvalue weighted by atomic mass is 32.2. The Kier molecular flexibility index (Phi) is 9.35. The molecule has 0 aromatic heterocycles. The van der Waals surface area contributed by atoms with Crippen molar-refractivity contribution in [3.8, 4) is 23.0 Å². The summed E-state index contributed by atoms with van der Waals surface area (Å²) in [5.74, 6) is 0.794. The number of ether oxygens (including phenoxy) is 3. The zero-order chi connectivity index (χ0) is 24.6. The maximum atomic E-state index is 12.0. The fraction of sp³-hybridized carbons (Fsp3) is 0.429. The second-order valence-electron chi connectivity index (χ2n) is 7.25. The fourth-order valence-corrected chi connectivity index (χ4v) is 4.33. The molecule has 2 aromatic carbocycles. The summed E-state index contributed by atoms with van der Waals surface area (Å²) < 4.78 is 68.6. The molecule has 12 heteroatoms. The van der Waals surface area contributed by atoms with Crippen LogP contribution in [0.2, 0.25) is 0 Å². The molecule has 0 aliphatic heterocycles. The van der Waals surface area contributed by atoms with Crippen LogP contribution in [0.3, 0.4) is 0 Å². The Morgan fingerprint density at radius 3 is 2.21 bits per heavy atom. The van der Waals surface area contributed by atoms with Crippen molar-refractivity contribution in [2.75, 3.05) is 33.1 Å². The maximum absolute atomic E-state index is 12.0. The van der Waals surface area contributed by atoms with E-state index in [0.717, 1.165) is 6.26 Å². The first kappa shape index (κ1) is 26.7. The normalized spacial score (nSPS) is 12.8. The van der Waals surface area contributed by atoms with Gasteiger partial charge in [0.2, 0.25) is 10.0 Å². The number of hydrogen-bond acceptors (Lipinski definition) is 9. The Hall–Kier alpha value is -2.54. The molecule has 0 amide bonds. The first-order valence-electron chi connectivity index (χ1n) is 10.2. The number of sulfonamides is 1. The summed E-state index contributed by atoms with van der Waals surface area (Å²) >= 11 is 0. The van der Waals surface area contributed by atoms with Crippen LogP contribution in [0, 0.1) is 0 Å². The molecule has 0 bridgehead atoms. The predicted octanol–water partition coefficient (Wildman–Crippen LogP) is 1.68.